The molecule has 0 bridgehead atoms. The van der Waals surface area contributed by atoms with E-state index in [1.54, 1.807) is 11.3 Å². The highest BCUT2D eigenvalue weighted by Gasteiger charge is 2.23. The maximum Gasteiger partial charge on any atom is 0.318 e. The molecule has 7 nitrogen and oxygen atoms in total. The minimum atomic E-state index is -0.205. The number of pyridine rings is 1. The number of nitrogens with zero attached hydrogens (tertiary/aromatic N) is 5. The Hall–Kier alpha value is -2.45. The summed E-state index contributed by atoms with van der Waals surface area (Å²) in [6.07, 6.45) is 1.91. The molecule has 4 rings (SSSR count). The molecule has 0 spiro atoms. The molecule has 0 aliphatic carbocycles. The lowest BCUT2D eigenvalue weighted by atomic mass is 10.3. The molecule has 1 aliphatic heterocycles. The Morgan fingerprint density at radius 2 is 2.04 bits per heavy atom. The monoisotopic (exact) mass is 370 g/mol. The number of thiophene rings is 1. The largest absolute Gasteiger partial charge is 0.328 e. The van der Waals surface area contributed by atoms with Crippen LogP contribution in [0, 0.1) is 0 Å². The standard InChI is InChI=1S/C18H22N6OS/c1-14(17-21-20-16-6-2-3-7-24(16)17)19-18(25)23-10-8-22(9-11-23)13-15-5-4-12-26-15/h2-7,12,14H,8-11,13H2,1H3,(H,19,25). The van der Waals surface area contributed by atoms with Gasteiger partial charge in [-0.1, -0.05) is 12.1 Å². The second-order valence-electron chi connectivity index (χ2n) is 6.50. The van der Waals surface area contributed by atoms with Gasteiger partial charge in [0.25, 0.3) is 0 Å². The Balaban J connectivity index is 1.32. The van der Waals surface area contributed by atoms with Crippen LogP contribution in [0.25, 0.3) is 5.65 Å². The van der Waals surface area contributed by atoms with Crippen LogP contribution in [0.3, 0.4) is 0 Å². The van der Waals surface area contributed by atoms with Crippen molar-refractivity contribution >= 4 is 23.0 Å². The fourth-order valence-corrected chi connectivity index (χ4v) is 3.97. The lowest BCUT2D eigenvalue weighted by molar-refractivity contribution is 0.134. The van der Waals surface area contributed by atoms with Crippen LogP contribution in [0.15, 0.2) is 41.9 Å². The molecule has 3 aromatic rings. The summed E-state index contributed by atoms with van der Waals surface area (Å²) < 4.78 is 1.91. The predicted molar refractivity (Wildman–Crippen MR) is 101 cm³/mol. The highest BCUT2D eigenvalue weighted by molar-refractivity contribution is 7.09. The van der Waals surface area contributed by atoms with E-state index in [0.29, 0.717) is 0 Å². The number of urea groups is 1. The third kappa shape index (κ3) is 3.56. The third-order valence-corrected chi connectivity index (χ3v) is 5.55. The molecule has 4 heterocycles. The second-order valence-corrected chi connectivity index (χ2v) is 7.53. The van der Waals surface area contributed by atoms with E-state index in [1.807, 2.05) is 40.6 Å². The van der Waals surface area contributed by atoms with E-state index in [-0.39, 0.29) is 12.1 Å². The van der Waals surface area contributed by atoms with E-state index in [0.717, 1.165) is 44.2 Å². The van der Waals surface area contributed by atoms with E-state index in [1.165, 1.54) is 4.88 Å². The molecular weight excluding hydrogens is 348 g/mol. The van der Waals surface area contributed by atoms with E-state index in [9.17, 15) is 4.79 Å². The van der Waals surface area contributed by atoms with Gasteiger partial charge in [-0.3, -0.25) is 9.30 Å². The number of hydrogen-bond donors (Lipinski definition) is 1. The van der Waals surface area contributed by atoms with Crippen molar-refractivity contribution in [3.8, 4) is 0 Å². The zero-order valence-corrected chi connectivity index (χ0v) is 15.5. The van der Waals surface area contributed by atoms with E-state index in [2.05, 4.69) is 37.9 Å². The summed E-state index contributed by atoms with van der Waals surface area (Å²) in [7, 11) is 0. The van der Waals surface area contributed by atoms with Crippen LogP contribution in [0.2, 0.25) is 0 Å². The summed E-state index contributed by atoms with van der Waals surface area (Å²) in [6.45, 7) is 6.18. The quantitative estimate of drug-likeness (QED) is 0.766. The predicted octanol–water partition coefficient (Wildman–Crippen LogP) is 2.38. The van der Waals surface area contributed by atoms with Gasteiger partial charge in [0, 0.05) is 43.8 Å². The second kappa shape index (κ2) is 7.43. The van der Waals surface area contributed by atoms with Crippen molar-refractivity contribution in [2.24, 2.45) is 0 Å². The summed E-state index contributed by atoms with van der Waals surface area (Å²) in [5.41, 5.74) is 0.783. The SMILES string of the molecule is CC(NC(=O)N1CCN(Cc2cccs2)CC1)c1nnc2ccccn12. The molecule has 8 heteroatoms. The number of nitrogens with one attached hydrogen (secondary N) is 1. The molecule has 1 fully saturated rings. The molecule has 1 unspecified atom stereocenters. The number of carbonyl (C=O) groups is 1. The van der Waals surface area contributed by atoms with Crippen molar-refractivity contribution in [3.05, 3.63) is 52.6 Å². The van der Waals surface area contributed by atoms with Gasteiger partial charge in [-0.2, -0.15) is 0 Å². The van der Waals surface area contributed by atoms with Gasteiger partial charge < -0.3 is 10.2 Å². The molecule has 0 saturated carbocycles. The van der Waals surface area contributed by atoms with Gasteiger partial charge in [0.1, 0.15) is 0 Å². The van der Waals surface area contributed by atoms with Crippen LogP contribution >= 0.6 is 11.3 Å². The van der Waals surface area contributed by atoms with Gasteiger partial charge in [0.05, 0.1) is 6.04 Å². The van der Waals surface area contributed by atoms with Gasteiger partial charge >= 0.3 is 6.03 Å². The van der Waals surface area contributed by atoms with Crippen LogP contribution in [0.5, 0.6) is 0 Å². The summed E-state index contributed by atoms with van der Waals surface area (Å²) in [5.74, 6) is 0.741. The minimum absolute atomic E-state index is 0.0408. The lowest BCUT2D eigenvalue weighted by Crippen LogP contribution is -2.51. The van der Waals surface area contributed by atoms with Crippen LogP contribution in [0.1, 0.15) is 23.7 Å². The van der Waals surface area contributed by atoms with Crippen molar-refractivity contribution in [1.29, 1.82) is 0 Å². The molecule has 2 amide bonds. The van der Waals surface area contributed by atoms with Gasteiger partial charge in [-0.25, -0.2) is 4.79 Å². The lowest BCUT2D eigenvalue weighted by Gasteiger charge is -2.35. The summed E-state index contributed by atoms with van der Waals surface area (Å²) in [6, 6.07) is 9.75. The van der Waals surface area contributed by atoms with Crippen molar-refractivity contribution in [2.75, 3.05) is 26.2 Å². The molecule has 1 N–H and O–H groups in total. The van der Waals surface area contributed by atoms with Crippen molar-refractivity contribution in [3.63, 3.8) is 0 Å². The van der Waals surface area contributed by atoms with Gasteiger partial charge in [-0.05, 0) is 30.5 Å². The normalized spacial score (nSPS) is 16.7. The maximum absolute atomic E-state index is 12.6. The fourth-order valence-electron chi connectivity index (χ4n) is 3.23. The highest BCUT2D eigenvalue weighted by Crippen LogP contribution is 2.15. The number of amides is 2. The average Bonchev–Trinajstić information content (AvgIpc) is 3.31. The first kappa shape index (κ1) is 17.0. The zero-order valence-electron chi connectivity index (χ0n) is 14.7. The molecule has 0 radical (unpaired) electrons. The van der Waals surface area contributed by atoms with Gasteiger partial charge in [0.15, 0.2) is 11.5 Å². The Morgan fingerprint density at radius 1 is 1.19 bits per heavy atom. The first-order valence-corrected chi connectivity index (χ1v) is 9.68. The van der Waals surface area contributed by atoms with Crippen molar-refractivity contribution in [1.82, 2.24) is 29.7 Å². The molecule has 3 aromatic heterocycles. The Bertz CT molecular complexity index is 869. The Morgan fingerprint density at radius 3 is 2.81 bits per heavy atom. The number of rotatable bonds is 4. The zero-order chi connectivity index (χ0) is 17.9. The van der Waals surface area contributed by atoms with Gasteiger partial charge in [0.2, 0.25) is 0 Å². The molecule has 1 saturated heterocycles. The summed E-state index contributed by atoms with van der Waals surface area (Å²) >= 11 is 1.78. The molecule has 1 aliphatic rings. The van der Waals surface area contributed by atoms with Gasteiger partial charge in [-0.15, -0.1) is 21.5 Å². The van der Waals surface area contributed by atoms with E-state index >= 15 is 0 Å². The highest BCUT2D eigenvalue weighted by atomic mass is 32.1. The van der Waals surface area contributed by atoms with E-state index < -0.39 is 0 Å². The number of fused-ring (bicyclic) bond motifs is 1. The van der Waals surface area contributed by atoms with Crippen LogP contribution in [0.4, 0.5) is 4.79 Å². The minimum Gasteiger partial charge on any atom is -0.328 e. The fraction of sp³-hybridized carbons (Fsp3) is 0.389. The van der Waals surface area contributed by atoms with Crippen LogP contribution in [-0.2, 0) is 6.54 Å². The first-order chi connectivity index (χ1) is 12.7. The molecular formula is C18H22N6OS. The van der Waals surface area contributed by atoms with Crippen molar-refractivity contribution in [2.45, 2.75) is 19.5 Å². The smallest absolute Gasteiger partial charge is 0.318 e. The Kier molecular flexibility index (Phi) is 4.85. The number of hydrogen-bond acceptors (Lipinski definition) is 5. The topological polar surface area (TPSA) is 65.8 Å². The maximum atomic E-state index is 12.6. The molecule has 0 aromatic carbocycles. The number of piperazine rings is 1. The van der Waals surface area contributed by atoms with Crippen molar-refractivity contribution < 1.29 is 4.79 Å². The molecule has 136 valence electrons. The Labute approximate surface area is 156 Å². The number of aromatic nitrogens is 3. The third-order valence-electron chi connectivity index (χ3n) is 4.69. The summed E-state index contributed by atoms with van der Waals surface area (Å²) in [5, 5.41) is 13.5. The van der Waals surface area contributed by atoms with Crippen LogP contribution < -0.4 is 5.32 Å². The first-order valence-electron chi connectivity index (χ1n) is 8.80. The van der Waals surface area contributed by atoms with Crippen LogP contribution in [-0.4, -0.2) is 56.6 Å². The molecule has 1 atom stereocenters. The summed E-state index contributed by atoms with van der Waals surface area (Å²) in [4.78, 5) is 18.2. The average molecular weight is 370 g/mol. The number of carbonyl (C=O) groups excluding carboxylic acids is 1. The molecule has 26 heavy (non-hydrogen) atoms. The van der Waals surface area contributed by atoms with E-state index in [4.69, 9.17) is 0 Å².